The van der Waals surface area contributed by atoms with Gasteiger partial charge in [-0.2, -0.15) is 0 Å². The third kappa shape index (κ3) is 5.33. The van der Waals surface area contributed by atoms with Gasteiger partial charge < -0.3 is 15.0 Å². The number of hydrogen-bond donors (Lipinski definition) is 1. The zero-order valence-electron chi connectivity index (χ0n) is 19.2. The molecule has 0 bridgehead atoms. The van der Waals surface area contributed by atoms with E-state index in [9.17, 15) is 4.79 Å². The molecule has 1 saturated heterocycles. The van der Waals surface area contributed by atoms with Gasteiger partial charge in [0.1, 0.15) is 12.4 Å². The van der Waals surface area contributed by atoms with Gasteiger partial charge in [-0.15, -0.1) is 10.2 Å². The van der Waals surface area contributed by atoms with Gasteiger partial charge in [0.05, 0.1) is 10.8 Å². The van der Waals surface area contributed by atoms with Crippen LogP contribution in [0.2, 0.25) is 5.02 Å². The van der Waals surface area contributed by atoms with Crippen LogP contribution in [0.15, 0.2) is 47.6 Å². The highest BCUT2D eigenvalue weighted by Gasteiger charge is 2.30. The van der Waals surface area contributed by atoms with Crippen molar-refractivity contribution in [2.45, 2.75) is 50.4 Å². The van der Waals surface area contributed by atoms with E-state index in [-0.39, 0.29) is 18.3 Å². The molecule has 34 heavy (non-hydrogen) atoms. The van der Waals surface area contributed by atoms with Crippen LogP contribution >= 0.6 is 23.4 Å². The Morgan fingerprint density at radius 2 is 1.97 bits per heavy atom. The van der Waals surface area contributed by atoms with E-state index in [0.717, 1.165) is 48.2 Å². The Morgan fingerprint density at radius 1 is 1.18 bits per heavy atom. The van der Waals surface area contributed by atoms with E-state index in [0.29, 0.717) is 16.8 Å². The zero-order chi connectivity index (χ0) is 23.5. The Kier molecular flexibility index (Phi) is 6.97. The molecule has 1 N–H and O–H groups in total. The highest BCUT2D eigenvalue weighted by atomic mass is 35.5. The van der Waals surface area contributed by atoms with Gasteiger partial charge in [0, 0.05) is 30.5 Å². The molecule has 178 valence electrons. The molecule has 0 unspecified atom stereocenters. The molecule has 7 nitrogen and oxygen atoms in total. The van der Waals surface area contributed by atoms with Crippen molar-refractivity contribution < 1.29 is 9.53 Å². The number of para-hydroxylation sites is 1. The summed E-state index contributed by atoms with van der Waals surface area (Å²) in [7, 11) is 0. The molecule has 1 saturated carbocycles. The molecule has 1 aliphatic heterocycles. The summed E-state index contributed by atoms with van der Waals surface area (Å²) >= 11 is 7.60. The minimum atomic E-state index is -0.0544. The third-order valence-corrected chi connectivity index (χ3v) is 7.38. The number of thioether (sulfide) groups is 1. The molecule has 1 amide bonds. The van der Waals surface area contributed by atoms with Gasteiger partial charge in [0.2, 0.25) is 5.91 Å². The maximum absolute atomic E-state index is 12.7. The summed E-state index contributed by atoms with van der Waals surface area (Å²) in [4.78, 5) is 15.1. The number of amides is 1. The van der Waals surface area contributed by atoms with Crippen LogP contribution in [0.1, 0.15) is 43.1 Å². The summed E-state index contributed by atoms with van der Waals surface area (Å²) in [5.41, 5.74) is 3.15. The first-order chi connectivity index (χ1) is 16.6. The lowest BCUT2D eigenvalue weighted by Gasteiger charge is -2.19. The number of hydrogen-bond acceptors (Lipinski definition) is 6. The molecule has 2 fully saturated rings. The van der Waals surface area contributed by atoms with E-state index in [4.69, 9.17) is 16.3 Å². The molecule has 0 spiro atoms. The highest BCUT2D eigenvalue weighted by molar-refractivity contribution is 7.99. The largest absolute Gasteiger partial charge is 0.484 e. The summed E-state index contributed by atoms with van der Waals surface area (Å²) in [6.07, 6.45) is 4.65. The number of halogens is 1. The Bertz CT molecular complexity index is 1170. The average molecular weight is 498 g/mol. The van der Waals surface area contributed by atoms with Gasteiger partial charge in [0.25, 0.3) is 0 Å². The molecule has 2 aromatic carbocycles. The van der Waals surface area contributed by atoms with Gasteiger partial charge in [-0.25, -0.2) is 0 Å². The quantitative estimate of drug-likeness (QED) is 0.394. The van der Waals surface area contributed by atoms with Crippen molar-refractivity contribution in [1.29, 1.82) is 0 Å². The lowest BCUT2D eigenvalue weighted by Crippen LogP contribution is -2.18. The summed E-state index contributed by atoms with van der Waals surface area (Å²) < 4.78 is 7.97. The SMILES string of the molecule is Cc1cc(N2CCCC2)ccc1NC(=O)CSc1nnc(COc2ccccc2Cl)n1C1CC1. The average Bonchev–Trinajstić information content (AvgIpc) is 3.35. The number of carbonyl (C=O) groups excluding carboxylic acids is 1. The second-order valence-corrected chi connectivity index (χ2v) is 10.1. The Labute approximate surface area is 208 Å². The highest BCUT2D eigenvalue weighted by Crippen LogP contribution is 2.39. The van der Waals surface area contributed by atoms with E-state index in [1.165, 1.54) is 30.3 Å². The summed E-state index contributed by atoms with van der Waals surface area (Å²) in [5, 5.41) is 13.0. The third-order valence-electron chi connectivity index (χ3n) is 6.13. The van der Waals surface area contributed by atoms with Crippen LogP contribution < -0.4 is 15.0 Å². The van der Waals surface area contributed by atoms with Crippen LogP contribution in [0.25, 0.3) is 0 Å². The number of rotatable bonds is 9. The Balaban J connectivity index is 1.19. The number of benzene rings is 2. The summed E-state index contributed by atoms with van der Waals surface area (Å²) in [5.74, 6) is 1.58. The smallest absolute Gasteiger partial charge is 0.234 e. The molecular formula is C25H28ClN5O2S. The van der Waals surface area contributed by atoms with E-state index < -0.39 is 0 Å². The lowest BCUT2D eigenvalue weighted by molar-refractivity contribution is -0.113. The molecular weight excluding hydrogens is 470 g/mol. The van der Waals surface area contributed by atoms with Crippen LogP contribution in [-0.2, 0) is 11.4 Å². The molecule has 2 heterocycles. The van der Waals surface area contributed by atoms with Crippen molar-refractivity contribution in [2.75, 3.05) is 29.1 Å². The topological polar surface area (TPSA) is 72.3 Å². The number of nitrogens with one attached hydrogen (secondary N) is 1. The number of carbonyl (C=O) groups is 1. The normalized spacial score (nSPS) is 15.5. The van der Waals surface area contributed by atoms with Gasteiger partial charge in [-0.05, 0) is 68.5 Å². The minimum absolute atomic E-state index is 0.0544. The van der Waals surface area contributed by atoms with Crippen molar-refractivity contribution in [3.8, 4) is 5.75 Å². The number of ether oxygens (including phenoxy) is 1. The maximum Gasteiger partial charge on any atom is 0.234 e. The van der Waals surface area contributed by atoms with E-state index >= 15 is 0 Å². The van der Waals surface area contributed by atoms with Crippen LogP contribution in [0.5, 0.6) is 5.75 Å². The van der Waals surface area contributed by atoms with Gasteiger partial charge in [-0.1, -0.05) is 35.5 Å². The Morgan fingerprint density at radius 3 is 2.71 bits per heavy atom. The molecule has 3 aromatic rings. The van der Waals surface area contributed by atoms with Gasteiger partial charge in [0.15, 0.2) is 11.0 Å². The van der Waals surface area contributed by atoms with Crippen molar-refractivity contribution in [2.24, 2.45) is 0 Å². The zero-order valence-corrected chi connectivity index (χ0v) is 20.7. The number of nitrogens with zero attached hydrogens (tertiary/aromatic N) is 4. The first-order valence-corrected chi connectivity index (χ1v) is 13.0. The van der Waals surface area contributed by atoms with Crippen molar-refractivity contribution in [1.82, 2.24) is 14.8 Å². The first-order valence-electron chi connectivity index (χ1n) is 11.7. The predicted octanol–water partition coefficient (Wildman–Crippen LogP) is 5.48. The monoisotopic (exact) mass is 497 g/mol. The standard InChI is InChI=1S/C25H28ClN5O2S/c1-17-14-19(30-12-4-5-13-30)10-11-21(17)27-24(32)16-34-25-29-28-23(31(25)18-8-9-18)15-33-22-7-3-2-6-20(22)26/h2-3,6-7,10-11,14,18H,4-5,8-9,12-13,15-16H2,1H3,(H,27,32). The summed E-state index contributed by atoms with van der Waals surface area (Å²) in [6.45, 7) is 4.53. The van der Waals surface area contributed by atoms with E-state index in [2.05, 4.69) is 37.1 Å². The van der Waals surface area contributed by atoms with Crippen LogP contribution in [0.4, 0.5) is 11.4 Å². The fourth-order valence-electron chi connectivity index (χ4n) is 4.18. The second-order valence-electron chi connectivity index (χ2n) is 8.75. The number of anilines is 2. The lowest BCUT2D eigenvalue weighted by atomic mass is 10.1. The van der Waals surface area contributed by atoms with Crippen LogP contribution in [-0.4, -0.2) is 39.5 Å². The molecule has 9 heteroatoms. The molecule has 0 atom stereocenters. The van der Waals surface area contributed by atoms with E-state index in [1.54, 1.807) is 6.07 Å². The molecule has 5 rings (SSSR count). The second kappa shape index (κ2) is 10.3. The first kappa shape index (κ1) is 23.1. The maximum atomic E-state index is 12.7. The number of aryl methyl sites for hydroxylation is 1. The van der Waals surface area contributed by atoms with Gasteiger partial charge >= 0.3 is 0 Å². The molecule has 1 aliphatic carbocycles. The van der Waals surface area contributed by atoms with E-state index in [1.807, 2.05) is 31.2 Å². The molecule has 0 radical (unpaired) electrons. The summed E-state index contributed by atoms with van der Waals surface area (Å²) in [6, 6.07) is 14.0. The number of aromatic nitrogens is 3. The fourth-order valence-corrected chi connectivity index (χ4v) is 5.20. The van der Waals surface area contributed by atoms with Crippen molar-refractivity contribution in [3.05, 3.63) is 58.9 Å². The Hall–Kier alpha value is -2.71. The molecule has 1 aromatic heterocycles. The predicted molar refractivity (Wildman–Crippen MR) is 136 cm³/mol. The van der Waals surface area contributed by atoms with Crippen molar-refractivity contribution in [3.63, 3.8) is 0 Å². The van der Waals surface area contributed by atoms with Gasteiger partial charge in [-0.3, -0.25) is 9.36 Å². The molecule has 2 aliphatic rings. The minimum Gasteiger partial charge on any atom is -0.484 e. The van der Waals surface area contributed by atoms with Crippen LogP contribution in [0, 0.1) is 6.92 Å². The van der Waals surface area contributed by atoms with Crippen LogP contribution in [0.3, 0.4) is 0 Å². The fraction of sp³-hybridized carbons (Fsp3) is 0.400. The van der Waals surface area contributed by atoms with Crippen molar-refractivity contribution >= 4 is 40.6 Å².